The van der Waals surface area contributed by atoms with Crippen molar-refractivity contribution in [3.63, 3.8) is 0 Å². The van der Waals surface area contributed by atoms with Gasteiger partial charge in [-0.25, -0.2) is 9.37 Å². The summed E-state index contributed by atoms with van der Waals surface area (Å²) < 4.78 is 19.7. The molecule has 3 aromatic rings. The number of imidazole rings is 1. The lowest BCUT2D eigenvalue weighted by Gasteiger charge is -2.30. The Morgan fingerprint density at radius 3 is 2.79 bits per heavy atom. The summed E-state index contributed by atoms with van der Waals surface area (Å²) in [6.45, 7) is 2.12. The lowest BCUT2D eigenvalue weighted by molar-refractivity contribution is -0.143. The first-order valence-electron chi connectivity index (χ1n) is 9.31. The summed E-state index contributed by atoms with van der Waals surface area (Å²) in [6.07, 6.45) is 1.30. The van der Waals surface area contributed by atoms with Crippen molar-refractivity contribution < 1.29 is 19.0 Å². The molecule has 0 saturated carbocycles. The molecule has 2 N–H and O–H groups in total. The SMILES string of the molecule is COc1ccc2nc(-c3cc(CN4CCC(C(=O)O)CC4)ccc3F)[nH]c2c1. The Hall–Kier alpha value is -2.93. The number of rotatable bonds is 5. The standard InChI is InChI=1S/C21H22FN3O3/c1-28-15-3-5-18-19(11-15)24-20(23-18)16-10-13(2-4-17(16)22)12-25-8-6-14(7-9-25)21(26)27/h2-5,10-11,14H,6-9,12H2,1H3,(H,23,24)(H,26,27). The lowest BCUT2D eigenvalue weighted by atomic mass is 9.96. The lowest BCUT2D eigenvalue weighted by Crippen LogP contribution is -2.35. The van der Waals surface area contributed by atoms with Crippen LogP contribution in [0.3, 0.4) is 0 Å². The van der Waals surface area contributed by atoms with Gasteiger partial charge in [-0.05, 0) is 55.8 Å². The second kappa shape index (κ2) is 7.59. The molecule has 4 rings (SSSR count). The summed E-state index contributed by atoms with van der Waals surface area (Å²) in [7, 11) is 1.60. The number of nitrogens with one attached hydrogen (secondary N) is 1. The molecule has 0 aliphatic carbocycles. The molecule has 28 heavy (non-hydrogen) atoms. The number of aromatic amines is 1. The molecule has 146 valence electrons. The Labute approximate surface area is 162 Å². The van der Waals surface area contributed by atoms with E-state index in [2.05, 4.69) is 14.9 Å². The van der Waals surface area contributed by atoms with Crippen molar-refractivity contribution in [3.8, 4) is 17.1 Å². The van der Waals surface area contributed by atoms with Crippen molar-refractivity contribution in [2.24, 2.45) is 5.92 Å². The maximum atomic E-state index is 14.5. The monoisotopic (exact) mass is 383 g/mol. The number of benzene rings is 2. The minimum absolute atomic E-state index is 0.257. The first-order chi connectivity index (χ1) is 13.5. The number of nitrogens with zero attached hydrogens (tertiary/aromatic N) is 2. The summed E-state index contributed by atoms with van der Waals surface area (Å²) in [5.41, 5.74) is 2.93. The Morgan fingerprint density at radius 2 is 2.07 bits per heavy atom. The first kappa shape index (κ1) is 18.4. The fourth-order valence-corrected chi connectivity index (χ4v) is 3.69. The van der Waals surface area contributed by atoms with E-state index in [0.717, 1.165) is 29.7 Å². The van der Waals surface area contributed by atoms with Gasteiger partial charge in [0.2, 0.25) is 0 Å². The number of piperidine rings is 1. The van der Waals surface area contributed by atoms with Gasteiger partial charge in [-0.15, -0.1) is 0 Å². The van der Waals surface area contributed by atoms with Crippen LogP contribution in [0, 0.1) is 11.7 Å². The van der Waals surface area contributed by atoms with Gasteiger partial charge in [0.25, 0.3) is 0 Å². The van der Waals surface area contributed by atoms with Crippen LogP contribution in [-0.2, 0) is 11.3 Å². The second-order valence-electron chi connectivity index (χ2n) is 7.17. The molecular formula is C21H22FN3O3. The van der Waals surface area contributed by atoms with E-state index in [-0.39, 0.29) is 11.7 Å². The predicted octanol–water partition coefficient (Wildman–Crippen LogP) is 3.67. The number of aromatic nitrogens is 2. The van der Waals surface area contributed by atoms with E-state index in [1.54, 1.807) is 13.2 Å². The molecule has 0 spiro atoms. The maximum absolute atomic E-state index is 14.5. The quantitative estimate of drug-likeness (QED) is 0.703. The van der Waals surface area contributed by atoms with E-state index in [4.69, 9.17) is 9.84 Å². The second-order valence-corrected chi connectivity index (χ2v) is 7.17. The Bertz CT molecular complexity index is 1010. The van der Waals surface area contributed by atoms with Crippen LogP contribution in [0.1, 0.15) is 18.4 Å². The number of H-pyrrole nitrogens is 1. The highest BCUT2D eigenvalue weighted by Gasteiger charge is 2.24. The molecule has 7 heteroatoms. The van der Waals surface area contributed by atoms with Crippen LogP contribution in [-0.4, -0.2) is 46.1 Å². The van der Waals surface area contributed by atoms with Gasteiger partial charge >= 0.3 is 5.97 Å². The van der Waals surface area contributed by atoms with Gasteiger partial charge in [0.05, 0.1) is 29.6 Å². The van der Waals surface area contributed by atoms with Gasteiger partial charge in [-0.3, -0.25) is 9.69 Å². The summed E-state index contributed by atoms with van der Waals surface area (Å²) in [6, 6.07) is 10.5. The smallest absolute Gasteiger partial charge is 0.306 e. The zero-order valence-electron chi connectivity index (χ0n) is 15.6. The number of carboxylic acid groups (broad SMARTS) is 1. The number of hydrogen-bond donors (Lipinski definition) is 2. The van der Waals surface area contributed by atoms with Crippen LogP contribution < -0.4 is 4.74 Å². The van der Waals surface area contributed by atoms with Gasteiger partial charge in [0.15, 0.2) is 0 Å². The minimum Gasteiger partial charge on any atom is -0.497 e. The summed E-state index contributed by atoms with van der Waals surface area (Å²) in [5, 5.41) is 9.12. The normalized spacial score (nSPS) is 15.8. The molecule has 1 saturated heterocycles. The predicted molar refractivity (Wildman–Crippen MR) is 104 cm³/mol. The van der Waals surface area contributed by atoms with Crippen LogP contribution >= 0.6 is 0 Å². The highest BCUT2D eigenvalue weighted by Crippen LogP contribution is 2.27. The van der Waals surface area contributed by atoms with Crippen molar-refractivity contribution in [1.29, 1.82) is 0 Å². The minimum atomic E-state index is -0.717. The van der Waals surface area contributed by atoms with E-state index < -0.39 is 5.97 Å². The maximum Gasteiger partial charge on any atom is 0.306 e. The van der Waals surface area contributed by atoms with Gasteiger partial charge in [-0.1, -0.05) is 6.07 Å². The van der Waals surface area contributed by atoms with E-state index in [0.29, 0.717) is 36.5 Å². The largest absolute Gasteiger partial charge is 0.497 e. The number of carbonyl (C=O) groups is 1. The highest BCUT2D eigenvalue weighted by atomic mass is 19.1. The van der Waals surface area contributed by atoms with E-state index in [9.17, 15) is 9.18 Å². The van der Waals surface area contributed by atoms with Crippen molar-refractivity contribution in [2.45, 2.75) is 19.4 Å². The van der Waals surface area contributed by atoms with E-state index in [1.165, 1.54) is 6.07 Å². The number of ether oxygens (including phenoxy) is 1. The molecule has 6 nitrogen and oxygen atoms in total. The number of likely N-dealkylation sites (tertiary alicyclic amines) is 1. The fraction of sp³-hybridized carbons (Fsp3) is 0.333. The number of fused-ring (bicyclic) bond motifs is 1. The van der Waals surface area contributed by atoms with Gasteiger partial charge < -0.3 is 14.8 Å². The topological polar surface area (TPSA) is 78.4 Å². The molecular weight excluding hydrogens is 361 g/mol. The van der Waals surface area contributed by atoms with Gasteiger partial charge in [0.1, 0.15) is 17.4 Å². The third-order valence-corrected chi connectivity index (χ3v) is 5.32. The highest BCUT2D eigenvalue weighted by molar-refractivity contribution is 5.81. The summed E-state index contributed by atoms with van der Waals surface area (Å²) in [5.74, 6) is -0.119. The van der Waals surface area contributed by atoms with Crippen LogP contribution in [0.15, 0.2) is 36.4 Å². The summed E-state index contributed by atoms with van der Waals surface area (Å²) in [4.78, 5) is 21.0. The number of aliphatic carboxylic acids is 1. The number of carboxylic acids is 1. The Kier molecular flexibility index (Phi) is 5.00. The third-order valence-electron chi connectivity index (χ3n) is 5.32. The molecule has 0 unspecified atom stereocenters. The van der Waals surface area contributed by atoms with Crippen molar-refractivity contribution in [3.05, 3.63) is 47.8 Å². The van der Waals surface area contributed by atoms with Crippen molar-refractivity contribution >= 4 is 17.0 Å². The molecule has 1 fully saturated rings. The van der Waals surface area contributed by atoms with Gasteiger partial charge in [-0.2, -0.15) is 0 Å². The molecule has 1 aliphatic rings. The van der Waals surface area contributed by atoms with Crippen LogP contribution in [0.2, 0.25) is 0 Å². The molecule has 1 aromatic heterocycles. The van der Waals surface area contributed by atoms with Crippen LogP contribution in [0.25, 0.3) is 22.4 Å². The van der Waals surface area contributed by atoms with Crippen molar-refractivity contribution in [1.82, 2.24) is 14.9 Å². The zero-order valence-corrected chi connectivity index (χ0v) is 15.6. The molecule has 0 amide bonds. The van der Waals surface area contributed by atoms with Gasteiger partial charge in [0, 0.05) is 12.6 Å². The molecule has 2 heterocycles. The average molecular weight is 383 g/mol. The molecule has 1 aliphatic heterocycles. The number of halogens is 1. The molecule has 0 radical (unpaired) electrons. The van der Waals surface area contributed by atoms with Crippen LogP contribution in [0.5, 0.6) is 5.75 Å². The zero-order chi connectivity index (χ0) is 19.7. The fourth-order valence-electron chi connectivity index (χ4n) is 3.69. The summed E-state index contributed by atoms with van der Waals surface area (Å²) >= 11 is 0. The number of hydrogen-bond acceptors (Lipinski definition) is 4. The third kappa shape index (κ3) is 3.71. The number of methoxy groups -OCH3 is 1. The van der Waals surface area contributed by atoms with Crippen molar-refractivity contribution in [2.75, 3.05) is 20.2 Å². The van der Waals surface area contributed by atoms with Crippen LogP contribution in [0.4, 0.5) is 4.39 Å². The Morgan fingerprint density at radius 1 is 1.29 bits per heavy atom. The van der Waals surface area contributed by atoms with E-state index in [1.807, 2.05) is 24.3 Å². The van der Waals surface area contributed by atoms with E-state index >= 15 is 0 Å². The first-order valence-corrected chi connectivity index (χ1v) is 9.31. The average Bonchev–Trinajstić information content (AvgIpc) is 3.12. The molecule has 2 aromatic carbocycles. The Balaban J connectivity index is 1.55. The molecule has 0 atom stereocenters. The molecule has 0 bridgehead atoms.